The monoisotopic (exact) mass is 552 g/mol. The van der Waals surface area contributed by atoms with Crippen LogP contribution in [0.15, 0.2) is 22.8 Å². The Bertz CT molecular complexity index is 1050. The number of carbonyl (C=O) groups excluding carboxylic acids is 2. The summed E-state index contributed by atoms with van der Waals surface area (Å²) in [6.45, 7) is 0.856. The topological polar surface area (TPSA) is 122 Å². The smallest absolute Gasteiger partial charge is 0.243 e. The maximum absolute atomic E-state index is 15.3. The molecule has 1 saturated heterocycles. The predicted molar refractivity (Wildman–Crippen MR) is 137 cm³/mol. The normalized spacial score (nSPS) is 18.7. The number of ether oxygens (including phenoxy) is 1. The molecule has 38 heavy (non-hydrogen) atoms. The van der Waals surface area contributed by atoms with Gasteiger partial charge in [-0.2, -0.15) is 14.4 Å². The molecule has 0 aromatic carbocycles. The zero-order valence-electron chi connectivity index (χ0n) is 21.4. The van der Waals surface area contributed by atoms with Crippen LogP contribution < -0.4 is 15.8 Å². The highest BCUT2D eigenvalue weighted by Crippen LogP contribution is 2.31. The van der Waals surface area contributed by atoms with E-state index in [2.05, 4.69) is 20.8 Å². The molecule has 1 unspecified atom stereocenters. The molecule has 2 amide bonds. The molecular weight excluding hydrogens is 519 g/mol. The average molecular weight is 553 g/mol. The summed E-state index contributed by atoms with van der Waals surface area (Å²) in [6, 6.07) is 3.49. The van der Waals surface area contributed by atoms with Crippen molar-refractivity contribution in [3.05, 3.63) is 35.3 Å². The number of nitrogens with one attached hydrogen (secondary N) is 2. The Morgan fingerprint density at radius 2 is 2.08 bits per heavy atom. The number of amides is 2. The molecule has 0 bridgehead atoms. The van der Waals surface area contributed by atoms with E-state index < -0.39 is 23.9 Å². The summed E-state index contributed by atoms with van der Waals surface area (Å²) in [5, 5.41) is 0.930. The second kappa shape index (κ2) is 13.7. The Balaban J connectivity index is 1.42. The highest BCUT2D eigenvalue weighted by Gasteiger charge is 2.29. The summed E-state index contributed by atoms with van der Waals surface area (Å²) >= 11 is 6.05. The van der Waals surface area contributed by atoms with Crippen molar-refractivity contribution in [3.8, 4) is 0 Å². The molecule has 2 aliphatic rings. The molecule has 4 rings (SSSR count). The first kappa shape index (κ1) is 28.1. The summed E-state index contributed by atoms with van der Waals surface area (Å²) in [5.41, 5.74) is 5.09. The van der Waals surface area contributed by atoms with Crippen LogP contribution in [0.25, 0.3) is 0 Å². The second-order valence-corrected chi connectivity index (χ2v) is 10.1. The standard InChI is InChI=1S/C25H34ClFN6O5/c1-32(15-19-9-6-12-36-19)23-21(27)22(28-25(26)29-23)30-31-24(35)18(13-17-7-2-3-8-17)14-33(16-34)38-20-10-4-5-11-37-20/h6,9,12,16-18,20H,2-5,7-8,10-11,13-15H2,1H3,(H,31,35)(H,28,29,30)/t18-,20?/m0/s1. The molecule has 2 N–H and O–H groups in total. The summed E-state index contributed by atoms with van der Waals surface area (Å²) in [6.07, 6.45) is 8.96. The van der Waals surface area contributed by atoms with Gasteiger partial charge in [-0.15, -0.1) is 0 Å². The molecule has 1 aliphatic heterocycles. The highest BCUT2D eigenvalue weighted by molar-refractivity contribution is 6.28. The van der Waals surface area contributed by atoms with Gasteiger partial charge in [0, 0.05) is 20.1 Å². The van der Waals surface area contributed by atoms with Crippen LogP contribution in [0.3, 0.4) is 0 Å². The van der Waals surface area contributed by atoms with Gasteiger partial charge in [0.2, 0.25) is 23.4 Å². The minimum Gasteiger partial charge on any atom is -0.467 e. The van der Waals surface area contributed by atoms with Gasteiger partial charge in [-0.25, -0.2) is 9.90 Å². The van der Waals surface area contributed by atoms with Gasteiger partial charge in [-0.1, -0.05) is 25.7 Å². The Morgan fingerprint density at radius 1 is 1.29 bits per heavy atom. The van der Waals surface area contributed by atoms with Crippen molar-refractivity contribution in [2.24, 2.45) is 11.8 Å². The molecule has 0 radical (unpaired) electrons. The summed E-state index contributed by atoms with van der Waals surface area (Å²) in [4.78, 5) is 40.1. The van der Waals surface area contributed by atoms with Crippen LogP contribution in [-0.4, -0.2) is 53.8 Å². The molecule has 3 heterocycles. The van der Waals surface area contributed by atoms with Crippen molar-refractivity contribution in [1.82, 2.24) is 20.5 Å². The highest BCUT2D eigenvalue weighted by atomic mass is 35.5. The molecule has 1 saturated carbocycles. The van der Waals surface area contributed by atoms with Crippen molar-refractivity contribution in [2.45, 2.75) is 64.2 Å². The van der Waals surface area contributed by atoms with Crippen LogP contribution in [0.2, 0.25) is 5.28 Å². The van der Waals surface area contributed by atoms with Gasteiger partial charge < -0.3 is 14.1 Å². The van der Waals surface area contributed by atoms with Crippen molar-refractivity contribution < 1.29 is 28.0 Å². The van der Waals surface area contributed by atoms with Gasteiger partial charge in [0.15, 0.2) is 17.9 Å². The fourth-order valence-electron chi connectivity index (χ4n) is 4.86. The quantitative estimate of drug-likeness (QED) is 0.215. The number of anilines is 2. The van der Waals surface area contributed by atoms with E-state index in [1.165, 1.54) is 11.2 Å². The number of halogens is 2. The van der Waals surface area contributed by atoms with E-state index in [0.29, 0.717) is 37.5 Å². The Hall–Kier alpha value is -2.96. The van der Waals surface area contributed by atoms with Crippen LogP contribution in [-0.2, 0) is 25.7 Å². The molecule has 2 atom stereocenters. The number of hydrogen-bond donors (Lipinski definition) is 2. The van der Waals surface area contributed by atoms with E-state index in [1.807, 2.05) is 0 Å². The largest absolute Gasteiger partial charge is 0.467 e. The van der Waals surface area contributed by atoms with Crippen molar-refractivity contribution >= 4 is 35.6 Å². The fraction of sp³-hybridized carbons (Fsp3) is 0.600. The van der Waals surface area contributed by atoms with Gasteiger partial charge in [0.25, 0.3) is 0 Å². The number of aromatic nitrogens is 2. The number of hydrazine groups is 1. The lowest BCUT2D eigenvalue weighted by atomic mass is 9.92. The van der Waals surface area contributed by atoms with Crippen molar-refractivity contribution in [3.63, 3.8) is 0 Å². The molecule has 2 aromatic rings. The van der Waals surface area contributed by atoms with E-state index in [4.69, 9.17) is 25.6 Å². The van der Waals surface area contributed by atoms with Gasteiger partial charge >= 0.3 is 0 Å². The molecule has 208 valence electrons. The maximum atomic E-state index is 15.3. The second-order valence-electron chi connectivity index (χ2n) is 9.72. The summed E-state index contributed by atoms with van der Waals surface area (Å²) in [5.74, 6) is -1.18. The van der Waals surface area contributed by atoms with E-state index in [1.54, 1.807) is 19.2 Å². The lowest BCUT2D eigenvalue weighted by Crippen LogP contribution is -2.43. The number of nitrogens with zero attached hydrogens (tertiary/aromatic N) is 4. The zero-order chi connectivity index (χ0) is 26.9. The molecule has 11 nitrogen and oxygen atoms in total. The number of furan rings is 1. The van der Waals surface area contributed by atoms with Gasteiger partial charge in [-0.3, -0.25) is 20.4 Å². The van der Waals surface area contributed by atoms with Crippen molar-refractivity contribution in [1.29, 1.82) is 0 Å². The molecular formula is C25H34ClFN6O5. The molecule has 2 aromatic heterocycles. The number of hydroxylamine groups is 2. The number of carbonyl (C=O) groups is 2. The predicted octanol–water partition coefficient (Wildman–Crippen LogP) is 4.05. The van der Waals surface area contributed by atoms with Gasteiger partial charge in [0.05, 0.1) is 25.3 Å². The maximum Gasteiger partial charge on any atom is 0.243 e. The van der Waals surface area contributed by atoms with Crippen LogP contribution in [0, 0.1) is 17.7 Å². The number of hydrogen-bond acceptors (Lipinski definition) is 9. The number of rotatable bonds is 13. The summed E-state index contributed by atoms with van der Waals surface area (Å²) < 4.78 is 26.2. The third-order valence-corrected chi connectivity index (χ3v) is 6.99. The molecule has 1 aliphatic carbocycles. The molecule has 2 fully saturated rings. The van der Waals surface area contributed by atoms with Crippen LogP contribution >= 0.6 is 11.6 Å². The first-order valence-corrected chi connectivity index (χ1v) is 13.3. The Labute approximate surface area is 225 Å². The van der Waals surface area contributed by atoms with Gasteiger partial charge in [0.1, 0.15) is 5.76 Å². The molecule has 13 heteroatoms. The third-order valence-electron chi connectivity index (χ3n) is 6.82. The van der Waals surface area contributed by atoms with Crippen LogP contribution in [0.5, 0.6) is 0 Å². The summed E-state index contributed by atoms with van der Waals surface area (Å²) in [7, 11) is 1.63. The minimum absolute atomic E-state index is 0.0392. The lowest BCUT2D eigenvalue weighted by Gasteiger charge is -2.30. The van der Waals surface area contributed by atoms with Gasteiger partial charge in [-0.05, 0) is 48.9 Å². The third kappa shape index (κ3) is 7.78. The van der Waals surface area contributed by atoms with E-state index in [-0.39, 0.29) is 30.0 Å². The van der Waals surface area contributed by atoms with E-state index >= 15 is 4.39 Å². The van der Waals surface area contributed by atoms with Crippen LogP contribution in [0.1, 0.15) is 57.1 Å². The molecule has 0 spiro atoms. The Kier molecular flexibility index (Phi) is 10.1. The van der Waals surface area contributed by atoms with E-state index in [9.17, 15) is 9.59 Å². The minimum atomic E-state index is -0.789. The zero-order valence-corrected chi connectivity index (χ0v) is 22.2. The first-order valence-electron chi connectivity index (χ1n) is 13.0. The van der Waals surface area contributed by atoms with E-state index in [0.717, 1.165) is 43.6 Å². The van der Waals surface area contributed by atoms with Crippen LogP contribution in [0.4, 0.5) is 16.0 Å². The lowest BCUT2D eigenvalue weighted by molar-refractivity contribution is -0.276. The first-order chi connectivity index (χ1) is 18.4. The van der Waals surface area contributed by atoms with Crippen molar-refractivity contribution in [2.75, 3.05) is 30.5 Å². The average Bonchev–Trinajstić information content (AvgIpc) is 3.63. The Morgan fingerprint density at radius 3 is 2.76 bits per heavy atom. The fourth-order valence-corrected chi connectivity index (χ4v) is 5.03. The SMILES string of the molecule is CN(Cc1ccco1)c1nc(Cl)nc(NNC(=O)[C@@H](CC2CCCC2)CN(C=O)OC2CCCCO2)c1F.